The van der Waals surface area contributed by atoms with Crippen molar-refractivity contribution in [2.75, 3.05) is 95.8 Å². The second-order valence-corrected chi connectivity index (χ2v) is 24.6. The van der Waals surface area contributed by atoms with Crippen molar-refractivity contribution < 1.29 is 66.8 Å². The molecule has 0 saturated heterocycles. The number of urea groups is 1. The van der Waals surface area contributed by atoms with Crippen molar-refractivity contribution >= 4 is 108 Å². The SMILES string of the molecule is C#CCOCc1cc(NC(=O)[C@H](CCCNC(N)=O)NC(=O)C(NC(=O)CCOCCN2C(=O)C=CC2=O)C(C)C)ccc1COC(=O)N(C)CC#Cc1ccc(OCCCc2sc(N(CCCN(C)C)c3cc(C)c(Nc4nc5ccccc5s4)nn3)nc2C(=O)O)c(F)c1. The Morgan fingerprint density at radius 2 is 1.64 bits per heavy atom. The number of carbonyl (C=O) groups excluding carboxylic acids is 7. The molecular weight excluding hydrogens is 1280 g/mol. The van der Waals surface area contributed by atoms with E-state index in [1.165, 1.54) is 46.8 Å². The van der Waals surface area contributed by atoms with Crippen molar-refractivity contribution in [2.24, 2.45) is 11.7 Å². The van der Waals surface area contributed by atoms with E-state index >= 15 is 4.39 Å². The molecule has 7 rings (SSSR count). The smallest absolute Gasteiger partial charge is 0.410 e. The lowest BCUT2D eigenvalue weighted by Crippen LogP contribution is -2.54. The molecule has 3 aromatic carbocycles. The largest absolute Gasteiger partial charge is 0.491 e. The van der Waals surface area contributed by atoms with Gasteiger partial charge in [-0.25, -0.2) is 28.7 Å². The van der Waals surface area contributed by atoms with Crippen LogP contribution in [0.2, 0.25) is 0 Å². The summed E-state index contributed by atoms with van der Waals surface area (Å²) in [5.41, 5.74) is 8.41. The number of aryl methyl sites for hydroxylation is 2. The molecule has 0 spiro atoms. The standard InChI is InChI=1S/C66H77FN14O13S2/c1-8-32-92-39-45-38-46(70-60(85)49(17-11-27-69-63(68)89)71-61(86)57(41(2)3)73-54(82)26-34-91-35-31-81-55(83)24-25-56(81)84)22-21-44(45)40-94-66(90)79(7)29-12-15-43-20-23-50(47(67)37-43)93-33-13-19-52-58(62(87)88)74-65(96-52)80(30-14-28-78(5)6)53-36-42(4)59(77-76-53)75-64-72-48-16-9-10-18-51(48)95-64/h1,9-10,16,18,20-25,36-38,41,49,57H,11,13-14,17,19,26-35,39-40H2,2-7H3,(H,70,85)(H,71,86)(H,73,82)(H,87,88)(H3,68,69,89)(H,72,75,77)/t49-,57?/m0/s1. The summed E-state index contributed by atoms with van der Waals surface area (Å²) in [7, 11) is 5.41. The molecule has 0 bridgehead atoms. The van der Waals surface area contributed by atoms with Crippen molar-refractivity contribution in [1.82, 2.24) is 50.8 Å². The number of aromatic carboxylic acids is 1. The number of imide groups is 1. The van der Waals surface area contributed by atoms with Gasteiger partial charge >= 0.3 is 18.1 Å². The molecule has 508 valence electrons. The van der Waals surface area contributed by atoms with Crippen LogP contribution >= 0.6 is 22.7 Å². The van der Waals surface area contributed by atoms with Gasteiger partial charge < -0.3 is 71.1 Å². The Kier molecular flexibility index (Phi) is 27.9. The molecule has 0 aliphatic carbocycles. The minimum absolute atomic E-state index is 0.000447. The topological polar surface area (TPSA) is 344 Å². The fourth-order valence-electron chi connectivity index (χ4n) is 9.41. The number of primary amides is 1. The molecule has 1 aliphatic heterocycles. The zero-order valence-electron chi connectivity index (χ0n) is 54.0. The molecule has 96 heavy (non-hydrogen) atoms. The van der Waals surface area contributed by atoms with E-state index in [0.29, 0.717) is 56.4 Å². The van der Waals surface area contributed by atoms with Crippen LogP contribution in [0.1, 0.15) is 83.6 Å². The molecule has 0 saturated carbocycles. The normalized spacial score (nSPS) is 12.4. The molecule has 0 fully saturated rings. The molecule has 2 atom stereocenters. The van der Waals surface area contributed by atoms with E-state index in [0.717, 1.165) is 45.8 Å². The number of nitrogens with one attached hydrogen (secondary N) is 5. The predicted molar refractivity (Wildman–Crippen MR) is 359 cm³/mol. The number of hydrogen-bond acceptors (Lipinski definition) is 21. The summed E-state index contributed by atoms with van der Waals surface area (Å²) in [6.07, 6.45) is 8.48. The molecule has 1 aliphatic rings. The third kappa shape index (κ3) is 22.3. The zero-order valence-corrected chi connectivity index (χ0v) is 55.7. The van der Waals surface area contributed by atoms with Gasteiger partial charge in [0.25, 0.3) is 11.8 Å². The highest BCUT2D eigenvalue weighted by Crippen LogP contribution is 2.35. The Hall–Kier alpha value is -10.1. The van der Waals surface area contributed by atoms with Crippen molar-refractivity contribution in [3.63, 3.8) is 0 Å². The number of carboxylic acid groups (broad SMARTS) is 1. The Bertz CT molecular complexity index is 3850. The Morgan fingerprint density at radius 1 is 0.854 bits per heavy atom. The van der Waals surface area contributed by atoms with Gasteiger partial charge in [0.15, 0.2) is 39.2 Å². The molecule has 30 heteroatoms. The molecule has 8 N–H and O–H groups in total. The van der Waals surface area contributed by atoms with Crippen LogP contribution in [-0.2, 0) is 57.8 Å². The molecule has 4 heterocycles. The molecule has 8 amide bonds. The summed E-state index contributed by atoms with van der Waals surface area (Å²) in [6.45, 7) is 6.23. The van der Waals surface area contributed by atoms with Crippen LogP contribution in [0.4, 0.5) is 41.6 Å². The summed E-state index contributed by atoms with van der Waals surface area (Å²) in [6, 6.07) is 15.6. The lowest BCUT2D eigenvalue weighted by atomic mass is 10.0. The van der Waals surface area contributed by atoms with Crippen LogP contribution < -0.4 is 42.0 Å². The molecule has 27 nitrogen and oxygen atoms in total. The number of para-hydroxylation sites is 1. The summed E-state index contributed by atoms with van der Waals surface area (Å²) < 4.78 is 38.9. The number of carboxylic acids is 1. The van der Waals surface area contributed by atoms with Crippen molar-refractivity contribution in [3.8, 4) is 29.9 Å². The molecule has 0 radical (unpaired) electrons. The first-order valence-electron chi connectivity index (χ1n) is 30.7. The van der Waals surface area contributed by atoms with Gasteiger partial charge in [-0.1, -0.05) is 61.1 Å². The lowest BCUT2D eigenvalue weighted by molar-refractivity contribution is -0.138. The summed E-state index contributed by atoms with van der Waals surface area (Å²) in [4.78, 5) is 117. The fraction of sp³-hybridized carbons (Fsp3) is 0.394. The lowest BCUT2D eigenvalue weighted by Gasteiger charge is -2.25. The maximum Gasteiger partial charge on any atom is 0.410 e. The third-order valence-corrected chi connectivity index (χ3v) is 16.5. The number of hydrogen-bond donors (Lipinski definition) is 7. The number of halogens is 1. The summed E-state index contributed by atoms with van der Waals surface area (Å²) >= 11 is 2.74. The van der Waals surface area contributed by atoms with Crippen molar-refractivity contribution in [3.05, 3.63) is 118 Å². The van der Waals surface area contributed by atoms with E-state index in [4.69, 9.17) is 31.1 Å². The van der Waals surface area contributed by atoms with Gasteiger partial charge in [-0.2, -0.15) is 0 Å². The average Bonchev–Trinajstić information content (AvgIpc) is 1.61. The Labute approximate surface area is 562 Å². The average molecular weight is 1360 g/mol. The highest BCUT2D eigenvalue weighted by molar-refractivity contribution is 7.22. The van der Waals surface area contributed by atoms with Crippen LogP contribution in [0.5, 0.6) is 5.75 Å². The quantitative estimate of drug-likeness (QED) is 0.0123. The minimum Gasteiger partial charge on any atom is -0.491 e. The highest BCUT2D eigenvalue weighted by Gasteiger charge is 2.30. The van der Waals surface area contributed by atoms with Gasteiger partial charge in [0, 0.05) is 54.8 Å². The summed E-state index contributed by atoms with van der Waals surface area (Å²) in [5, 5.41) is 34.3. The van der Waals surface area contributed by atoms with Gasteiger partial charge in [0.05, 0.1) is 49.7 Å². The highest BCUT2D eigenvalue weighted by atomic mass is 32.1. The summed E-state index contributed by atoms with van der Waals surface area (Å²) in [5.74, 6) is 4.07. The van der Waals surface area contributed by atoms with E-state index in [1.807, 2.05) is 56.3 Å². The first kappa shape index (κ1) is 73.3. The number of fused-ring (bicyclic) bond motifs is 1. The second-order valence-electron chi connectivity index (χ2n) is 22.5. The van der Waals surface area contributed by atoms with Crippen LogP contribution in [0, 0.1) is 42.8 Å². The monoisotopic (exact) mass is 1360 g/mol. The second kappa shape index (κ2) is 36.5. The van der Waals surface area contributed by atoms with E-state index in [-0.39, 0.29) is 102 Å². The minimum atomic E-state index is -1.19. The number of thiazole rings is 2. The first-order chi connectivity index (χ1) is 46.1. The molecule has 6 aromatic rings. The van der Waals surface area contributed by atoms with Crippen LogP contribution in [0.15, 0.2) is 78.9 Å². The number of carbonyl (C=O) groups is 8. The number of rotatable bonds is 36. The number of amides is 8. The number of nitrogens with zero attached hydrogens (tertiary/aromatic N) is 8. The van der Waals surface area contributed by atoms with Gasteiger partial charge in [-0.05, 0) is 131 Å². The number of ether oxygens (including phenoxy) is 4. The maximum atomic E-state index is 15.4. The van der Waals surface area contributed by atoms with Crippen LogP contribution in [0.3, 0.4) is 0 Å². The zero-order chi connectivity index (χ0) is 69.3. The number of terminal acetylenes is 1. The Morgan fingerprint density at radius 3 is 2.34 bits per heavy atom. The van der Waals surface area contributed by atoms with Crippen LogP contribution in [0.25, 0.3) is 10.2 Å². The van der Waals surface area contributed by atoms with Gasteiger partial charge in [-0.3, -0.25) is 28.9 Å². The molecular formula is C66H77FN14O13S2. The van der Waals surface area contributed by atoms with Crippen LogP contribution in [-0.4, -0.2) is 180 Å². The van der Waals surface area contributed by atoms with E-state index in [9.17, 15) is 43.5 Å². The number of anilines is 5. The number of nitrogens with two attached hydrogens (primary N) is 1. The van der Waals surface area contributed by atoms with Crippen molar-refractivity contribution in [2.45, 2.75) is 84.6 Å². The molecule has 1 unspecified atom stereocenters. The van der Waals surface area contributed by atoms with E-state index in [2.05, 4.69) is 69.4 Å². The maximum absolute atomic E-state index is 15.4. The number of benzene rings is 3. The predicted octanol–water partition coefficient (Wildman–Crippen LogP) is 6.65. The van der Waals surface area contributed by atoms with E-state index < -0.39 is 71.4 Å². The first-order valence-corrected chi connectivity index (χ1v) is 32.3. The van der Waals surface area contributed by atoms with Gasteiger partial charge in [0.1, 0.15) is 25.3 Å². The van der Waals surface area contributed by atoms with E-state index in [1.54, 1.807) is 38.1 Å². The van der Waals surface area contributed by atoms with Gasteiger partial charge in [-0.15, -0.1) is 28.0 Å². The third-order valence-electron chi connectivity index (χ3n) is 14.4. The molecule has 3 aromatic heterocycles. The Balaban J connectivity index is 0.900. The number of aromatic nitrogens is 4. The fourth-order valence-corrected chi connectivity index (χ4v) is 11.4. The van der Waals surface area contributed by atoms with Gasteiger partial charge in [0.2, 0.25) is 17.7 Å². The van der Waals surface area contributed by atoms with Crippen molar-refractivity contribution in [1.29, 1.82) is 0 Å².